The molecule has 0 aliphatic carbocycles. The van der Waals surface area contributed by atoms with Crippen LogP contribution in [-0.2, 0) is 0 Å². The molecule has 0 amide bonds. The highest BCUT2D eigenvalue weighted by Gasteiger charge is 2.03. The van der Waals surface area contributed by atoms with Gasteiger partial charge in [0, 0.05) is 6.07 Å². The van der Waals surface area contributed by atoms with E-state index in [1.807, 2.05) is 6.92 Å². The van der Waals surface area contributed by atoms with Crippen LogP contribution in [0.25, 0.3) is 0 Å². The summed E-state index contributed by atoms with van der Waals surface area (Å²) in [5.74, 6) is 0.182. The van der Waals surface area contributed by atoms with E-state index >= 15 is 0 Å². The first kappa shape index (κ1) is 10.3. The molecule has 1 unspecified atom stereocenters. The number of hydrogen-bond donors (Lipinski definition) is 0. The van der Waals surface area contributed by atoms with E-state index in [1.165, 1.54) is 6.07 Å². The monoisotopic (exact) mass is 244 g/mol. The van der Waals surface area contributed by atoms with Gasteiger partial charge in [0.05, 0.1) is 4.47 Å². The standard InChI is InChI=1S/C10H10BrFO/c1-3-7(2)13-8-4-5-9(11)10(12)6-8/h3-7H,1H2,2H3. The molecule has 0 radical (unpaired) electrons. The van der Waals surface area contributed by atoms with Crippen LogP contribution in [0.3, 0.4) is 0 Å². The molecule has 0 heterocycles. The Labute approximate surface area is 85.3 Å². The fourth-order valence-corrected chi connectivity index (χ4v) is 1.06. The van der Waals surface area contributed by atoms with Crippen molar-refractivity contribution in [1.82, 2.24) is 0 Å². The fourth-order valence-electron chi connectivity index (χ4n) is 0.813. The van der Waals surface area contributed by atoms with Gasteiger partial charge in [-0.05, 0) is 35.0 Å². The van der Waals surface area contributed by atoms with Crippen molar-refractivity contribution in [1.29, 1.82) is 0 Å². The first-order chi connectivity index (χ1) is 6.13. The molecule has 0 aliphatic heterocycles. The molecule has 1 aromatic rings. The van der Waals surface area contributed by atoms with Gasteiger partial charge in [0.1, 0.15) is 17.7 Å². The molecular formula is C10H10BrFO. The molecule has 0 aliphatic rings. The third-order valence-electron chi connectivity index (χ3n) is 1.54. The van der Waals surface area contributed by atoms with E-state index in [2.05, 4.69) is 22.5 Å². The highest BCUT2D eigenvalue weighted by atomic mass is 79.9. The highest BCUT2D eigenvalue weighted by molar-refractivity contribution is 9.10. The number of rotatable bonds is 3. The lowest BCUT2D eigenvalue weighted by Gasteiger charge is -2.10. The van der Waals surface area contributed by atoms with Crippen LogP contribution >= 0.6 is 15.9 Å². The lowest BCUT2D eigenvalue weighted by Crippen LogP contribution is -2.07. The minimum absolute atomic E-state index is 0.111. The summed E-state index contributed by atoms with van der Waals surface area (Å²) in [6.07, 6.45) is 1.54. The van der Waals surface area contributed by atoms with Gasteiger partial charge < -0.3 is 4.74 Å². The second-order valence-electron chi connectivity index (χ2n) is 2.63. The minimum atomic E-state index is -0.325. The van der Waals surface area contributed by atoms with Gasteiger partial charge in [0.2, 0.25) is 0 Å². The summed E-state index contributed by atoms with van der Waals surface area (Å²) in [5, 5.41) is 0. The number of benzene rings is 1. The molecule has 1 nitrogen and oxygen atoms in total. The maximum atomic E-state index is 13.0. The van der Waals surface area contributed by atoms with Crippen molar-refractivity contribution in [3.63, 3.8) is 0 Å². The predicted molar refractivity (Wildman–Crippen MR) is 54.4 cm³/mol. The van der Waals surface area contributed by atoms with Crippen LogP contribution in [0, 0.1) is 5.82 Å². The molecule has 1 atom stereocenters. The summed E-state index contributed by atoms with van der Waals surface area (Å²) in [5.41, 5.74) is 0. The van der Waals surface area contributed by atoms with Gasteiger partial charge in [-0.1, -0.05) is 12.7 Å². The van der Waals surface area contributed by atoms with Crippen molar-refractivity contribution in [3.8, 4) is 5.75 Å². The summed E-state index contributed by atoms with van der Waals surface area (Å²) in [6, 6.07) is 4.65. The van der Waals surface area contributed by atoms with Crippen molar-refractivity contribution in [2.24, 2.45) is 0 Å². The van der Waals surface area contributed by atoms with Crippen molar-refractivity contribution < 1.29 is 9.13 Å². The smallest absolute Gasteiger partial charge is 0.141 e. The van der Waals surface area contributed by atoms with Crippen LogP contribution in [0.2, 0.25) is 0 Å². The lowest BCUT2D eigenvalue weighted by atomic mass is 10.3. The van der Waals surface area contributed by atoms with Gasteiger partial charge >= 0.3 is 0 Å². The van der Waals surface area contributed by atoms with E-state index in [0.717, 1.165) is 0 Å². The van der Waals surface area contributed by atoms with Crippen LogP contribution in [-0.4, -0.2) is 6.10 Å². The zero-order chi connectivity index (χ0) is 9.84. The molecule has 70 valence electrons. The Morgan fingerprint density at radius 1 is 1.62 bits per heavy atom. The summed E-state index contributed by atoms with van der Waals surface area (Å²) in [7, 11) is 0. The maximum Gasteiger partial charge on any atom is 0.141 e. The summed E-state index contributed by atoms with van der Waals surface area (Å²) < 4.78 is 18.7. The van der Waals surface area contributed by atoms with Crippen LogP contribution < -0.4 is 4.74 Å². The van der Waals surface area contributed by atoms with E-state index in [4.69, 9.17) is 4.74 Å². The van der Waals surface area contributed by atoms with Gasteiger partial charge in [-0.15, -0.1) is 0 Å². The predicted octanol–water partition coefficient (Wildman–Crippen LogP) is 3.54. The Morgan fingerprint density at radius 3 is 2.85 bits per heavy atom. The molecule has 0 fully saturated rings. The molecule has 0 bridgehead atoms. The fraction of sp³-hybridized carbons (Fsp3) is 0.200. The number of hydrogen-bond acceptors (Lipinski definition) is 1. The van der Waals surface area contributed by atoms with Crippen LogP contribution in [0.5, 0.6) is 5.75 Å². The molecule has 0 aromatic heterocycles. The Morgan fingerprint density at radius 2 is 2.31 bits per heavy atom. The quantitative estimate of drug-likeness (QED) is 0.740. The average Bonchev–Trinajstić information content (AvgIpc) is 2.11. The summed E-state index contributed by atoms with van der Waals surface area (Å²) >= 11 is 3.06. The molecular weight excluding hydrogens is 235 g/mol. The highest BCUT2D eigenvalue weighted by Crippen LogP contribution is 2.21. The zero-order valence-corrected chi connectivity index (χ0v) is 8.84. The molecule has 1 aromatic carbocycles. The van der Waals surface area contributed by atoms with Crippen LogP contribution in [0.1, 0.15) is 6.92 Å². The molecule has 0 saturated heterocycles. The van der Waals surface area contributed by atoms with E-state index in [1.54, 1.807) is 18.2 Å². The minimum Gasteiger partial charge on any atom is -0.487 e. The van der Waals surface area contributed by atoms with Crippen molar-refractivity contribution in [2.75, 3.05) is 0 Å². The van der Waals surface area contributed by atoms with Gasteiger partial charge in [-0.2, -0.15) is 0 Å². The Balaban J connectivity index is 2.79. The molecule has 13 heavy (non-hydrogen) atoms. The number of ether oxygens (including phenoxy) is 1. The van der Waals surface area contributed by atoms with E-state index in [9.17, 15) is 4.39 Å². The Hall–Kier alpha value is -0.830. The molecule has 0 N–H and O–H groups in total. The van der Waals surface area contributed by atoms with Gasteiger partial charge in [0.15, 0.2) is 0 Å². The van der Waals surface area contributed by atoms with Crippen LogP contribution in [0.15, 0.2) is 35.3 Å². The Kier molecular flexibility index (Phi) is 3.48. The average molecular weight is 245 g/mol. The number of halogens is 2. The second kappa shape index (κ2) is 4.42. The second-order valence-corrected chi connectivity index (χ2v) is 3.49. The molecule has 3 heteroatoms. The largest absolute Gasteiger partial charge is 0.487 e. The van der Waals surface area contributed by atoms with Crippen molar-refractivity contribution in [2.45, 2.75) is 13.0 Å². The van der Waals surface area contributed by atoms with Gasteiger partial charge in [0.25, 0.3) is 0 Å². The van der Waals surface area contributed by atoms with E-state index in [0.29, 0.717) is 10.2 Å². The van der Waals surface area contributed by atoms with Crippen molar-refractivity contribution in [3.05, 3.63) is 41.1 Å². The van der Waals surface area contributed by atoms with E-state index < -0.39 is 0 Å². The normalized spacial score (nSPS) is 12.2. The SMILES string of the molecule is C=CC(C)Oc1ccc(Br)c(F)c1. The first-order valence-electron chi connectivity index (χ1n) is 3.87. The van der Waals surface area contributed by atoms with Gasteiger partial charge in [-0.3, -0.25) is 0 Å². The zero-order valence-electron chi connectivity index (χ0n) is 7.26. The first-order valence-corrected chi connectivity index (χ1v) is 4.67. The molecule has 0 spiro atoms. The van der Waals surface area contributed by atoms with Gasteiger partial charge in [-0.25, -0.2) is 4.39 Å². The molecule has 0 saturated carbocycles. The topological polar surface area (TPSA) is 9.23 Å². The third kappa shape index (κ3) is 2.84. The lowest BCUT2D eigenvalue weighted by molar-refractivity contribution is 0.269. The molecule has 1 rings (SSSR count). The Bertz CT molecular complexity index is 312. The third-order valence-corrected chi connectivity index (χ3v) is 2.19. The summed E-state index contributed by atoms with van der Waals surface area (Å²) in [6.45, 7) is 5.41. The summed E-state index contributed by atoms with van der Waals surface area (Å²) in [4.78, 5) is 0. The van der Waals surface area contributed by atoms with Crippen molar-refractivity contribution >= 4 is 15.9 Å². The maximum absolute atomic E-state index is 13.0. The van der Waals surface area contributed by atoms with Crippen LogP contribution in [0.4, 0.5) is 4.39 Å². The van der Waals surface area contributed by atoms with E-state index in [-0.39, 0.29) is 11.9 Å².